The lowest BCUT2D eigenvalue weighted by atomic mass is 10.2. The number of aromatic nitrogens is 4. The largest absolute Gasteiger partial charge is 0.334 e. The van der Waals surface area contributed by atoms with Crippen molar-refractivity contribution in [1.29, 1.82) is 0 Å². The Bertz CT molecular complexity index is 483. The molecule has 2 aromatic heterocycles. The maximum Gasteiger partial charge on any atom is 0.261 e. The Morgan fingerprint density at radius 3 is 3.19 bits per heavy atom. The summed E-state index contributed by atoms with van der Waals surface area (Å²) in [5.41, 5.74) is 0.860. The van der Waals surface area contributed by atoms with Gasteiger partial charge < -0.3 is 9.84 Å². The zero-order valence-corrected chi connectivity index (χ0v) is 9.05. The first kappa shape index (κ1) is 9.53. The van der Waals surface area contributed by atoms with E-state index in [4.69, 9.17) is 4.52 Å². The predicted octanol–water partition coefficient (Wildman–Crippen LogP) is 0.895. The summed E-state index contributed by atoms with van der Waals surface area (Å²) in [5.74, 6) is 1.29. The second-order valence-electron chi connectivity index (χ2n) is 4.01. The van der Waals surface area contributed by atoms with E-state index in [1.807, 2.05) is 13.2 Å². The summed E-state index contributed by atoms with van der Waals surface area (Å²) < 4.78 is 6.94. The number of aryl methyl sites for hydroxylation is 1. The molecule has 0 saturated carbocycles. The molecule has 3 heterocycles. The van der Waals surface area contributed by atoms with Gasteiger partial charge in [0.05, 0.1) is 17.8 Å². The molecule has 84 valence electrons. The van der Waals surface area contributed by atoms with Crippen LogP contribution in [0.1, 0.15) is 24.7 Å². The lowest BCUT2D eigenvalue weighted by Gasteiger charge is -2.01. The van der Waals surface area contributed by atoms with Gasteiger partial charge in [-0.05, 0) is 19.4 Å². The van der Waals surface area contributed by atoms with Crippen molar-refractivity contribution in [3.63, 3.8) is 0 Å². The van der Waals surface area contributed by atoms with Crippen molar-refractivity contribution in [2.45, 2.75) is 18.9 Å². The van der Waals surface area contributed by atoms with Gasteiger partial charge in [0, 0.05) is 13.2 Å². The molecule has 16 heavy (non-hydrogen) atoms. The molecule has 1 fully saturated rings. The van der Waals surface area contributed by atoms with Gasteiger partial charge in [-0.1, -0.05) is 5.16 Å². The quantitative estimate of drug-likeness (QED) is 0.812. The van der Waals surface area contributed by atoms with E-state index in [0.717, 1.165) is 24.4 Å². The summed E-state index contributed by atoms with van der Waals surface area (Å²) in [5, 5.41) is 11.4. The normalized spacial score (nSPS) is 20.4. The Kier molecular flexibility index (Phi) is 2.21. The Morgan fingerprint density at radius 2 is 2.50 bits per heavy atom. The molecule has 0 spiro atoms. The van der Waals surface area contributed by atoms with Gasteiger partial charge in [-0.3, -0.25) is 4.68 Å². The van der Waals surface area contributed by atoms with Crippen LogP contribution in [0.3, 0.4) is 0 Å². The van der Waals surface area contributed by atoms with E-state index in [9.17, 15) is 0 Å². The van der Waals surface area contributed by atoms with E-state index in [1.165, 1.54) is 6.42 Å². The van der Waals surface area contributed by atoms with Gasteiger partial charge >= 0.3 is 0 Å². The van der Waals surface area contributed by atoms with E-state index in [2.05, 4.69) is 20.6 Å². The van der Waals surface area contributed by atoms with Gasteiger partial charge in [-0.15, -0.1) is 0 Å². The van der Waals surface area contributed by atoms with Gasteiger partial charge in [0.25, 0.3) is 5.89 Å². The Morgan fingerprint density at radius 1 is 1.56 bits per heavy atom. The molecule has 0 amide bonds. The van der Waals surface area contributed by atoms with Crippen LogP contribution in [0.4, 0.5) is 0 Å². The average Bonchev–Trinajstić information content (AvgIpc) is 2.97. The highest BCUT2D eigenvalue weighted by atomic mass is 16.5. The van der Waals surface area contributed by atoms with E-state index in [-0.39, 0.29) is 6.04 Å². The van der Waals surface area contributed by atoms with Gasteiger partial charge in [-0.25, -0.2) is 0 Å². The Labute approximate surface area is 92.6 Å². The molecule has 0 aliphatic carbocycles. The minimum Gasteiger partial charge on any atom is -0.334 e. The summed E-state index contributed by atoms with van der Waals surface area (Å²) in [6.07, 6.45) is 5.83. The fourth-order valence-corrected chi connectivity index (χ4v) is 1.93. The van der Waals surface area contributed by atoms with Crippen LogP contribution in [0.15, 0.2) is 16.9 Å². The lowest BCUT2D eigenvalue weighted by Crippen LogP contribution is -2.14. The van der Waals surface area contributed by atoms with Gasteiger partial charge in [0.15, 0.2) is 5.82 Å². The maximum absolute atomic E-state index is 5.22. The third kappa shape index (κ3) is 1.61. The number of nitrogens with zero attached hydrogens (tertiary/aromatic N) is 4. The second-order valence-corrected chi connectivity index (χ2v) is 4.01. The SMILES string of the molecule is Cn1cc(-c2nc(C3CCCN3)no2)cn1. The molecule has 2 aromatic rings. The fraction of sp³-hybridized carbons (Fsp3) is 0.500. The minimum absolute atomic E-state index is 0.245. The topological polar surface area (TPSA) is 68.8 Å². The van der Waals surface area contributed by atoms with Crippen LogP contribution in [-0.4, -0.2) is 26.5 Å². The summed E-state index contributed by atoms with van der Waals surface area (Å²) in [6, 6.07) is 0.245. The number of rotatable bonds is 2. The molecule has 0 radical (unpaired) electrons. The zero-order chi connectivity index (χ0) is 11.0. The lowest BCUT2D eigenvalue weighted by molar-refractivity contribution is 0.412. The van der Waals surface area contributed by atoms with Gasteiger partial charge in [0.2, 0.25) is 0 Å². The molecule has 6 heteroatoms. The first-order valence-corrected chi connectivity index (χ1v) is 5.39. The van der Waals surface area contributed by atoms with Crippen molar-refractivity contribution in [3.05, 3.63) is 18.2 Å². The van der Waals surface area contributed by atoms with Crippen molar-refractivity contribution in [3.8, 4) is 11.5 Å². The molecule has 1 aliphatic rings. The van der Waals surface area contributed by atoms with E-state index < -0.39 is 0 Å². The Hall–Kier alpha value is -1.69. The molecule has 0 bridgehead atoms. The molecule has 0 aromatic carbocycles. The van der Waals surface area contributed by atoms with Gasteiger partial charge in [0.1, 0.15) is 0 Å². The first-order valence-electron chi connectivity index (χ1n) is 5.39. The number of nitrogens with one attached hydrogen (secondary N) is 1. The smallest absolute Gasteiger partial charge is 0.261 e. The van der Waals surface area contributed by atoms with Crippen LogP contribution in [-0.2, 0) is 7.05 Å². The molecular formula is C10H13N5O. The average molecular weight is 219 g/mol. The predicted molar refractivity (Wildman–Crippen MR) is 56.5 cm³/mol. The molecule has 3 rings (SSSR count). The second kappa shape index (κ2) is 3.71. The number of hydrogen-bond donors (Lipinski definition) is 1. The van der Waals surface area contributed by atoms with Crippen molar-refractivity contribution < 1.29 is 4.52 Å². The highest BCUT2D eigenvalue weighted by molar-refractivity contribution is 5.49. The van der Waals surface area contributed by atoms with E-state index >= 15 is 0 Å². The number of hydrogen-bond acceptors (Lipinski definition) is 5. The molecule has 1 aliphatic heterocycles. The summed E-state index contributed by atoms with van der Waals surface area (Å²) >= 11 is 0. The van der Waals surface area contributed by atoms with E-state index in [0.29, 0.717) is 5.89 Å². The maximum atomic E-state index is 5.22. The van der Waals surface area contributed by atoms with Crippen molar-refractivity contribution in [2.24, 2.45) is 7.05 Å². The Balaban J connectivity index is 1.87. The standard InChI is InChI=1S/C10H13N5O/c1-15-6-7(5-12-15)10-13-9(14-16-10)8-3-2-4-11-8/h5-6,8,11H,2-4H2,1H3. The van der Waals surface area contributed by atoms with Crippen LogP contribution in [0.2, 0.25) is 0 Å². The first-order chi connectivity index (χ1) is 7.83. The monoisotopic (exact) mass is 219 g/mol. The van der Waals surface area contributed by atoms with E-state index in [1.54, 1.807) is 10.9 Å². The van der Waals surface area contributed by atoms with Crippen molar-refractivity contribution in [1.82, 2.24) is 25.2 Å². The molecule has 1 saturated heterocycles. The van der Waals surface area contributed by atoms with Gasteiger partial charge in [-0.2, -0.15) is 10.1 Å². The summed E-state index contributed by atoms with van der Waals surface area (Å²) in [4.78, 5) is 4.38. The highest BCUT2D eigenvalue weighted by Gasteiger charge is 2.22. The van der Waals surface area contributed by atoms with Crippen LogP contribution in [0.5, 0.6) is 0 Å². The summed E-state index contributed by atoms with van der Waals surface area (Å²) in [6.45, 7) is 1.03. The molecule has 1 N–H and O–H groups in total. The van der Waals surface area contributed by atoms with Crippen LogP contribution in [0, 0.1) is 0 Å². The highest BCUT2D eigenvalue weighted by Crippen LogP contribution is 2.23. The van der Waals surface area contributed by atoms with Crippen LogP contribution < -0.4 is 5.32 Å². The van der Waals surface area contributed by atoms with Crippen LogP contribution >= 0.6 is 0 Å². The van der Waals surface area contributed by atoms with Crippen molar-refractivity contribution in [2.75, 3.05) is 6.54 Å². The fourth-order valence-electron chi connectivity index (χ4n) is 1.93. The molecule has 1 atom stereocenters. The molecule has 6 nitrogen and oxygen atoms in total. The minimum atomic E-state index is 0.245. The molecule has 1 unspecified atom stereocenters. The van der Waals surface area contributed by atoms with Crippen molar-refractivity contribution >= 4 is 0 Å². The summed E-state index contributed by atoms with van der Waals surface area (Å²) in [7, 11) is 1.86. The third-order valence-corrected chi connectivity index (χ3v) is 2.77. The zero-order valence-electron chi connectivity index (χ0n) is 9.05. The van der Waals surface area contributed by atoms with Crippen LogP contribution in [0.25, 0.3) is 11.5 Å². The molecular weight excluding hydrogens is 206 g/mol. The third-order valence-electron chi connectivity index (χ3n) is 2.77.